The molecule has 0 unspecified atom stereocenters. The number of nitrogens with zero attached hydrogens (tertiary/aromatic N) is 3. The van der Waals surface area contributed by atoms with Crippen LogP contribution in [0, 0.1) is 13.8 Å². The van der Waals surface area contributed by atoms with E-state index < -0.39 is 10.0 Å². The van der Waals surface area contributed by atoms with E-state index in [1.54, 1.807) is 27.8 Å². The fourth-order valence-electron chi connectivity index (χ4n) is 3.84. The Labute approximate surface area is 195 Å². The molecule has 3 aromatic rings. The van der Waals surface area contributed by atoms with E-state index in [0.717, 1.165) is 22.0 Å². The largest absolute Gasteiger partial charge is 0.345 e. The van der Waals surface area contributed by atoms with Gasteiger partial charge in [-0.15, -0.1) is 11.3 Å². The van der Waals surface area contributed by atoms with Gasteiger partial charge in [-0.2, -0.15) is 4.31 Å². The predicted octanol–water partition coefficient (Wildman–Crippen LogP) is 5.24. The van der Waals surface area contributed by atoms with Gasteiger partial charge in [-0.25, -0.2) is 13.4 Å². The number of piperazine rings is 1. The maximum atomic E-state index is 13.1. The van der Waals surface area contributed by atoms with Gasteiger partial charge in [0, 0.05) is 37.1 Å². The van der Waals surface area contributed by atoms with Gasteiger partial charge in [0.05, 0.1) is 10.6 Å². The third-order valence-corrected chi connectivity index (χ3v) is 8.98. The van der Waals surface area contributed by atoms with Gasteiger partial charge in [-0.3, -0.25) is 0 Å². The summed E-state index contributed by atoms with van der Waals surface area (Å²) in [6.07, 6.45) is 0. The van der Waals surface area contributed by atoms with Crippen LogP contribution >= 0.6 is 11.3 Å². The number of hydrogen-bond donors (Lipinski definition) is 0. The monoisotopic (exact) mass is 469 g/mol. The van der Waals surface area contributed by atoms with Gasteiger partial charge >= 0.3 is 0 Å². The lowest BCUT2D eigenvalue weighted by atomic mass is 9.87. The molecular formula is C25H31N3O2S2. The number of aryl methyl sites for hydroxylation is 2. The Kier molecular flexibility index (Phi) is 6.18. The van der Waals surface area contributed by atoms with E-state index in [-0.39, 0.29) is 5.41 Å². The Balaban J connectivity index is 1.44. The number of benzene rings is 2. The summed E-state index contributed by atoms with van der Waals surface area (Å²) in [4.78, 5) is 7.38. The van der Waals surface area contributed by atoms with Gasteiger partial charge in [0.15, 0.2) is 5.13 Å². The van der Waals surface area contributed by atoms with Gasteiger partial charge < -0.3 is 4.90 Å². The molecule has 5 nitrogen and oxygen atoms in total. The minimum atomic E-state index is -3.49. The van der Waals surface area contributed by atoms with Gasteiger partial charge in [-0.1, -0.05) is 45.0 Å². The number of anilines is 1. The van der Waals surface area contributed by atoms with Crippen molar-refractivity contribution in [1.29, 1.82) is 0 Å². The van der Waals surface area contributed by atoms with Crippen LogP contribution in [0.2, 0.25) is 0 Å². The molecule has 32 heavy (non-hydrogen) atoms. The average molecular weight is 470 g/mol. The van der Waals surface area contributed by atoms with Crippen molar-refractivity contribution < 1.29 is 8.42 Å². The first-order valence-electron chi connectivity index (χ1n) is 10.9. The maximum Gasteiger partial charge on any atom is 0.243 e. The number of thiazole rings is 1. The second kappa shape index (κ2) is 8.61. The molecule has 2 aromatic carbocycles. The zero-order valence-electron chi connectivity index (χ0n) is 19.4. The molecule has 1 aliphatic rings. The van der Waals surface area contributed by atoms with Crippen molar-refractivity contribution >= 4 is 26.5 Å². The Morgan fingerprint density at radius 3 is 2.16 bits per heavy atom. The van der Waals surface area contributed by atoms with Crippen molar-refractivity contribution in [3.8, 4) is 11.3 Å². The van der Waals surface area contributed by atoms with Gasteiger partial charge in [0.1, 0.15) is 0 Å². The first-order valence-corrected chi connectivity index (χ1v) is 13.3. The van der Waals surface area contributed by atoms with Crippen LogP contribution in [-0.4, -0.2) is 43.9 Å². The molecule has 0 radical (unpaired) electrons. The van der Waals surface area contributed by atoms with E-state index in [4.69, 9.17) is 4.98 Å². The predicted molar refractivity (Wildman–Crippen MR) is 133 cm³/mol. The molecule has 0 N–H and O–H groups in total. The normalized spacial score (nSPS) is 15.8. The highest BCUT2D eigenvalue weighted by Crippen LogP contribution is 2.30. The van der Waals surface area contributed by atoms with Crippen molar-refractivity contribution in [2.75, 3.05) is 31.1 Å². The lowest BCUT2D eigenvalue weighted by molar-refractivity contribution is 0.384. The minimum Gasteiger partial charge on any atom is -0.345 e. The molecule has 0 bridgehead atoms. The molecule has 1 fully saturated rings. The number of rotatable bonds is 4. The van der Waals surface area contributed by atoms with Crippen LogP contribution in [-0.2, 0) is 15.4 Å². The minimum absolute atomic E-state index is 0.00223. The lowest BCUT2D eigenvalue weighted by Gasteiger charge is -2.33. The molecule has 0 atom stereocenters. The fourth-order valence-corrected chi connectivity index (χ4v) is 6.15. The molecule has 1 saturated heterocycles. The van der Waals surface area contributed by atoms with Gasteiger partial charge in [0.25, 0.3) is 0 Å². The van der Waals surface area contributed by atoms with Crippen molar-refractivity contribution in [2.24, 2.45) is 0 Å². The van der Waals surface area contributed by atoms with E-state index in [1.165, 1.54) is 11.1 Å². The lowest BCUT2D eigenvalue weighted by Crippen LogP contribution is -2.48. The average Bonchev–Trinajstić information content (AvgIpc) is 3.25. The van der Waals surface area contributed by atoms with Crippen LogP contribution in [0.25, 0.3) is 11.3 Å². The third-order valence-electron chi connectivity index (χ3n) is 6.16. The Hall–Kier alpha value is -2.22. The summed E-state index contributed by atoms with van der Waals surface area (Å²) in [6.45, 7) is 12.8. The summed E-state index contributed by atoms with van der Waals surface area (Å²) in [7, 11) is -3.49. The molecule has 1 aliphatic heterocycles. The first kappa shape index (κ1) is 23.0. The summed E-state index contributed by atoms with van der Waals surface area (Å²) < 4.78 is 27.9. The summed E-state index contributed by atoms with van der Waals surface area (Å²) in [5.74, 6) is 0. The summed E-state index contributed by atoms with van der Waals surface area (Å²) in [6, 6.07) is 13.7. The van der Waals surface area contributed by atoms with E-state index in [9.17, 15) is 8.42 Å². The quantitative estimate of drug-likeness (QED) is 0.525. The summed E-state index contributed by atoms with van der Waals surface area (Å²) in [5.41, 5.74) is 5.75. The van der Waals surface area contributed by atoms with Crippen molar-refractivity contribution in [3.05, 3.63) is 64.5 Å². The van der Waals surface area contributed by atoms with Crippen LogP contribution in [0.5, 0.6) is 0 Å². The number of sulfonamides is 1. The van der Waals surface area contributed by atoms with Crippen molar-refractivity contribution in [1.82, 2.24) is 9.29 Å². The Morgan fingerprint density at radius 2 is 1.56 bits per heavy atom. The molecule has 1 aromatic heterocycles. The molecule has 0 saturated carbocycles. The van der Waals surface area contributed by atoms with E-state index in [0.29, 0.717) is 31.1 Å². The summed E-state index contributed by atoms with van der Waals surface area (Å²) >= 11 is 1.62. The van der Waals surface area contributed by atoms with Crippen LogP contribution in [0.15, 0.2) is 52.7 Å². The standard InChI is InChI=1S/C25H31N3O2S2/c1-18-6-7-20(16-19(18)2)23-17-31-24(26-23)27-12-14-28(15-13-27)32(29,30)22-10-8-21(9-11-22)25(3,4)5/h6-11,16-17H,12-15H2,1-5H3. The zero-order valence-corrected chi connectivity index (χ0v) is 21.1. The van der Waals surface area contributed by atoms with Crippen LogP contribution in [0.4, 0.5) is 5.13 Å². The molecule has 170 valence electrons. The molecular weight excluding hydrogens is 438 g/mol. The van der Waals surface area contributed by atoms with E-state index in [2.05, 4.69) is 63.1 Å². The molecule has 7 heteroatoms. The molecule has 0 spiro atoms. The Bertz CT molecular complexity index is 1200. The zero-order chi connectivity index (χ0) is 23.1. The second-order valence-electron chi connectivity index (χ2n) is 9.48. The van der Waals surface area contributed by atoms with E-state index in [1.807, 2.05) is 12.1 Å². The van der Waals surface area contributed by atoms with Crippen molar-refractivity contribution in [2.45, 2.75) is 44.9 Å². The molecule has 0 amide bonds. The topological polar surface area (TPSA) is 53.5 Å². The molecule has 0 aliphatic carbocycles. The highest BCUT2D eigenvalue weighted by molar-refractivity contribution is 7.89. The molecule has 2 heterocycles. The first-order chi connectivity index (χ1) is 15.1. The van der Waals surface area contributed by atoms with Gasteiger partial charge in [0.2, 0.25) is 10.0 Å². The highest BCUT2D eigenvalue weighted by Gasteiger charge is 2.29. The van der Waals surface area contributed by atoms with Crippen LogP contribution in [0.1, 0.15) is 37.5 Å². The second-order valence-corrected chi connectivity index (χ2v) is 12.3. The maximum absolute atomic E-state index is 13.1. The number of hydrogen-bond acceptors (Lipinski definition) is 5. The van der Waals surface area contributed by atoms with Crippen LogP contribution in [0.3, 0.4) is 0 Å². The Morgan fingerprint density at radius 1 is 0.906 bits per heavy atom. The molecule has 4 rings (SSSR count). The van der Waals surface area contributed by atoms with Gasteiger partial charge in [-0.05, 0) is 54.2 Å². The van der Waals surface area contributed by atoms with Crippen molar-refractivity contribution in [3.63, 3.8) is 0 Å². The van der Waals surface area contributed by atoms with E-state index >= 15 is 0 Å². The summed E-state index contributed by atoms with van der Waals surface area (Å²) in [5, 5.41) is 3.03. The highest BCUT2D eigenvalue weighted by atomic mass is 32.2. The SMILES string of the molecule is Cc1ccc(-c2csc(N3CCN(S(=O)(=O)c4ccc(C(C)(C)C)cc4)CC3)n2)cc1C. The fraction of sp³-hybridized carbons (Fsp3) is 0.400. The smallest absolute Gasteiger partial charge is 0.243 e. The third kappa shape index (κ3) is 4.60. The van der Waals surface area contributed by atoms with Crippen LogP contribution < -0.4 is 4.90 Å². The number of aromatic nitrogens is 1.